The van der Waals surface area contributed by atoms with Crippen LogP contribution in [0.1, 0.15) is 44.5 Å². The predicted molar refractivity (Wildman–Crippen MR) is 86.6 cm³/mol. The monoisotopic (exact) mass is 304 g/mol. The van der Waals surface area contributed by atoms with Gasteiger partial charge in [0.05, 0.1) is 5.69 Å². The summed E-state index contributed by atoms with van der Waals surface area (Å²) in [5.41, 5.74) is 0.389. The molecule has 2 rings (SSSR count). The van der Waals surface area contributed by atoms with Gasteiger partial charge in [-0.05, 0) is 52.9 Å². The van der Waals surface area contributed by atoms with Crippen molar-refractivity contribution < 1.29 is 14.3 Å². The van der Waals surface area contributed by atoms with Gasteiger partial charge in [-0.3, -0.25) is 9.59 Å². The molecule has 1 aliphatic heterocycles. The van der Waals surface area contributed by atoms with Crippen LogP contribution in [0.4, 0.5) is 5.69 Å². The van der Waals surface area contributed by atoms with Crippen LogP contribution in [0, 0.1) is 0 Å². The number of carbonyl (C=O) groups excluding carboxylic acids is 2. The maximum atomic E-state index is 12.6. The second kappa shape index (κ2) is 6.08. The fourth-order valence-electron chi connectivity index (χ4n) is 2.58. The molecule has 22 heavy (non-hydrogen) atoms. The van der Waals surface area contributed by atoms with Gasteiger partial charge in [-0.2, -0.15) is 0 Å². The Morgan fingerprint density at radius 1 is 1.36 bits per heavy atom. The summed E-state index contributed by atoms with van der Waals surface area (Å²) in [6.45, 7) is 8.07. The molecule has 0 aliphatic carbocycles. The van der Waals surface area contributed by atoms with Crippen molar-refractivity contribution in [2.24, 2.45) is 0 Å². The lowest BCUT2D eigenvalue weighted by atomic mass is 9.99. The molecule has 0 unspecified atom stereocenters. The summed E-state index contributed by atoms with van der Waals surface area (Å²) < 4.78 is 5.81. The summed E-state index contributed by atoms with van der Waals surface area (Å²) in [4.78, 5) is 26.5. The number of hydrogen-bond acceptors (Lipinski definition) is 4. The lowest BCUT2D eigenvalue weighted by Crippen LogP contribution is -2.54. The van der Waals surface area contributed by atoms with E-state index in [9.17, 15) is 9.59 Å². The highest BCUT2D eigenvalue weighted by Crippen LogP contribution is 2.39. The number of fused-ring (bicyclic) bond motifs is 1. The molecule has 0 saturated heterocycles. The molecule has 0 bridgehead atoms. The fraction of sp³-hybridized carbons (Fsp3) is 0.529. The first-order chi connectivity index (χ1) is 10.3. The topological polar surface area (TPSA) is 58.6 Å². The largest absolute Gasteiger partial charge is 0.476 e. The van der Waals surface area contributed by atoms with Crippen LogP contribution in [-0.4, -0.2) is 36.9 Å². The van der Waals surface area contributed by atoms with Crippen molar-refractivity contribution >= 4 is 17.4 Å². The molecule has 0 fully saturated rings. The van der Waals surface area contributed by atoms with Crippen LogP contribution in [0.15, 0.2) is 18.2 Å². The zero-order chi connectivity index (χ0) is 16.5. The van der Waals surface area contributed by atoms with Gasteiger partial charge in [0.1, 0.15) is 5.75 Å². The van der Waals surface area contributed by atoms with Crippen LogP contribution < -0.4 is 15.0 Å². The molecule has 5 heteroatoms. The first-order valence-corrected chi connectivity index (χ1v) is 7.62. The Kier molecular flexibility index (Phi) is 4.56. The Morgan fingerprint density at radius 2 is 2.05 bits per heavy atom. The summed E-state index contributed by atoms with van der Waals surface area (Å²) in [5, 5.41) is 2.97. The number of Topliss-reactive ketones (excluding diaryl/α,β-unsaturated/α-hetero) is 1. The molecule has 1 aromatic rings. The highest BCUT2D eigenvalue weighted by atomic mass is 16.5. The molecule has 5 nitrogen and oxygen atoms in total. The van der Waals surface area contributed by atoms with Crippen molar-refractivity contribution in [3.05, 3.63) is 23.8 Å². The van der Waals surface area contributed by atoms with Crippen LogP contribution >= 0.6 is 0 Å². The van der Waals surface area contributed by atoms with Gasteiger partial charge in [0, 0.05) is 24.6 Å². The fourth-order valence-corrected chi connectivity index (χ4v) is 2.58. The Balaban J connectivity index is 2.43. The van der Waals surface area contributed by atoms with E-state index in [-0.39, 0.29) is 17.7 Å². The maximum Gasteiger partial charge on any atom is 0.270 e. The Labute approximate surface area is 131 Å². The molecule has 0 radical (unpaired) electrons. The number of ether oxygens (including phenoxy) is 1. The van der Waals surface area contributed by atoms with Crippen LogP contribution in [0.5, 0.6) is 5.75 Å². The molecule has 1 N–H and O–H groups in total. The molecular formula is C17H24N2O3. The Hall–Kier alpha value is -1.88. The quantitative estimate of drug-likeness (QED) is 0.849. The zero-order valence-electron chi connectivity index (χ0n) is 13.9. The molecule has 0 saturated carbocycles. The number of nitrogens with zero attached hydrogens (tertiary/aromatic N) is 1. The molecule has 120 valence electrons. The standard InChI is InChI=1S/C17H24N2O3/c1-11(2)19-13-10-12(14(20)8-9-18-5)6-7-15(13)22-17(3,4)16(19)21/h6-7,10-11,18H,8-9H2,1-5H3. The van der Waals surface area contributed by atoms with Gasteiger partial charge in [0.25, 0.3) is 5.91 Å². The molecule has 1 aromatic carbocycles. The van der Waals surface area contributed by atoms with E-state index in [2.05, 4.69) is 5.32 Å². The summed E-state index contributed by atoms with van der Waals surface area (Å²) in [6, 6.07) is 5.31. The van der Waals surface area contributed by atoms with Gasteiger partial charge in [0.15, 0.2) is 11.4 Å². The van der Waals surface area contributed by atoms with Crippen molar-refractivity contribution in [2.45, 2.75) is 45.8 Å². The number of carbonyl (C=O) groups is 2. The summed E-state index contributed by atoms with van der Waals surface area (Å²) in [6.07, 6.45) is 0.428. The van der Waals surface area contributed by atoms with Crippen LogP contribution in [0.3, 0.4) is 0 Å². The number of rotatable bonds is 5. The zero-order valence-corrected chi connectivity index (χ0v) is 13.9. The van der Waals surface area contributed by atoms with E-state index in [1.807, 2.05) is 20.9 Å². The van der Waals surface area contributed by atoms with E-state index in [0.717, 1.165) is 0 Å². The first kappa shape index (κ1) is 16.5. The molecule has 0 aromatic heterocycles. The minimum Gasteiger partial charge on any atom is -0.476 e. The lowest BCUT2D eigenvalue weighted by molar-refractivity contribution is -0.133. The number of hydrogen-bond donors (Lipinski definition) is 1. The number of nitrogens with one attached hydrogen (secondary N) is 1. The molecule has 0 atom stereocenters. The van der Waals surface area contributed by atoms with E-state index in [0.29, 0.717) is 30.0 Å². The maximum absolute atomic E-state index is 12.6. The molecular weight excluding hydrogens is 280 g/mol. The van der Waals surface area contributed by atoms with Crippen molar-refractivity contribution in [2.75, 3.05) is 18.5 Å². The number of ketones is 1. The number of benzene rings is 1. The normalized spacial score (nSPS) is 16.5. The van der Waals surface area contributed by atoms with Gasteiger partial charge in [0.2, 0.25) is 0 Å². The summed E-state index contributed by atoms with van der Waals surface area (Å²) in [5.74, 6) is 0.608. The molecule has 1 heterocycles. The van der Waals surface area contributed by atoms with E-state index in [1.165, 1.54) is 0 Å². The van der Waals surface area contributed by atoms with Crippen LogP contribution in [-0.2, 0) is 4.79 Å². The third-order valence-electron chi connectivity index (χ3n) is 3.76. The number of anilines is 1. The van der Waals surface area contributed by atoms with E-state index < -0.39 is 5.60 Å². The minimum absolute atomic E-state index is 0.00270. The van der Waals surface area contributed by atoms with Gasteiger partial charge in [-0.1, -0.05) is 0 Å². The van der Waals surface area contributed by atoms with Gasteiger partial charge < -0.3 is 15.0 Å². The Morgan fingerprint density at radius 3 is 2.64 bits per heavy atom. The lowest BCUT2D eigenvalue weighted by Gasteiger charge is -2.41. The smallest absolute Gasteiger partial charge is 0.270 e. The third kappa shape index (κ3) is 2.99. The van der Waals surface area contributed by atoms with E-state index in [4.69, 9.17) is 4.74 Å². The highest BCUT2D eigenvalue weighted by Gasteiger charge is 2.42. The van der Waals surface area contributed by atoms with Gasteiger partial charge in [-0.25, -0.2) is 0 Å². The van der Waals surface area contributed by atoms with Crippen LogP contribution in [0.25, 0.3) is 0 Å². The average Bonchev–Trinajstić information content (AvgIpc) is 2.44. The van der Waals surface area contributed by atoms with Gasteiger partial charge >= 0.3 is 0 Å². The minimum atomic E-state index is -0.894. The first-order valence-electron chi connectivity index (χ1n) is 7.62. The molecule has 0 spiro atoms. The van der Waals surface area contributed by atoms with Crippen molar-refractivity contribution in [1.29, 1.82) is 0 Å². The SMILES string of the molecule is CNCCC(=O)c1ccc2c(c1)N(C(C)C)C(=O)C(C)(C)O2. The second-order valence-corrected chi connectivity index (χ2v) is 6.34. The molecule has 1 amide bonds. The summed E-state index contributed by atoms with van der Waals surface area (Å²) in [7, 11) is 1.81. The number of amides is 1. The Bertz CT molecular complexity index is 594. The highest BCUT2D eigenvalue weighted by molar-refractivity contribution is 6.05. The molecule has 1 aliphatic rings. The van der Waals surface area contributed by atoms with E-state index in [1.54, 1.807) is 36.9 Å². The van der Waals surface area contributed by atoms with Crippen molar-refractivity contribution in [1.82, 2.24) is 5.32 Å². The van der Waals surface area contributed by atoms with Crippen LogP contribution in [0.2, 0.25) is 0 Å². The van der Waals surface area contributed by atoms with E-state index >= 15 is 0 Å². The average molecular weight is 304 g/mol. The third-order valence-corrected chi connectivity index (χ3v) is 3.76. The second-order valence-electron chi connectivity index (χ2n) is 6.34. The summed E-state index contributed by atoms with van der Waals surface area (Å²) >= 11 is 0. The van der Waals surface area contributed by atoms with Gasteiger partial charge in [-0.15, -0.1) is 0 Å². The van der Waals surface area contributed by atoms with Crippen molar-refractivity contribution in [3.8, 4) is 5.75 Å². The predicted octanol–water partition coefficient (Wildman–Crippen LogP) is 2.39. The van der Waals surface area contributed by atoms with Crippen molar-refractivity contribution in [3.63, 3.8) is 0 Å².